The second kappa shape index (κ2) is 9.64. The molecule has 2 amide bonds. The van der Waals surface area contributed by atoms with Crippen LogP contribution in [0, 0.1) is 6.92 Å². The van der Waals surface area contributed by atoms with Crippen molar-refractivity contribution in [3.05, 3.63) is 35.4 Å². The van der Waals surface area contributed by atoms with Crippen molar-refractivity contribution in [2.45, 2.75) is 39.3 Å². The number of hydrogen-bond acceptors (Lipinski definition) is 3. The van der Waals surface area contributed by atoms with Crippen molar-refractivity contribution >= 4 is 6.03 Å². The first-order valence-corrected chi connectivity index (χ1v) is 8.96. The predicted octanol–water partition coefficient (Wildman–Crippen LogP) is 2.64. The SMILES string of the molecule is CCN1CCC[C@@H]1CNC(=O)N(CCOC)Cc1ccccc1C. The standard InChI is InChI=1S/C19H31N3O2/c1-4-21-11-7-10-18(21)14-20-19(23)22(12-13-24-3)15-17-9-6-5-8-16(17)2/h5-6,8-9,18H,4,7,10-15H2,1-3H3,(H,20,23)/t18-/m1/s1. The number of rotatable bonds is 8. The van der Waals surface area contributed by atoms with Gasteiger partial charge in [-0.3, -0.25) is 4.90 Å². The fraction of sp³-hybridized carbons (Fsp3) is 0.632. The predicted molar refractivity (Wildman–Crippen MR) is 97.1 cm³/mol. The van der Waals surface area contributed by atoms with Crippen LogP contribution in [0.3, 0.4) is 0 Å². The Hall–Kier alpha value is -1.59. The number of hydrogen-bond donors (Lipinski definition) is 1. The molecular weight excluding hydrogens is 302 g/mol. The number of ether oxygens (including phenoxy) is 1. The van der Waals surface area contributed by atoms with Crippen molar-refractivity contribution in [1.82, 2.24) is 15.1 Å². The highest BCUT2D eigenvalue weighted by Gasteiger charge is 2.24. The van der Waals surface area contributed by atoms with Gasteiger partial charge in [-0.15, -0.1) is 0 Å². The first-order chi connectivity index (χ1) is 11.7. The van der Waals surface area contributed by atoms with Gasteiger partial charge in [0.15, 0.2) is 0 Å². The number of benzene rings is 1. The molecule has 24 heavy (non-hydrogen) atoms. The van der Waals surface area contributed by atoms with E-state index in [1.54, 1.807) is 7.11 Å². The molecule has 1 atom stereocenters. The Morgan fingerprint density at radius 3 is 2.92 bits per heavy atom. The minimum atomic E-state index is -0.00161. The van der Waals surface area contributed by atoms with Gasteiger partial charge in [0.25, 0.3) is 0 Å². The van der Waals surface area contributed by atoms with E-state index in [0.717, 1.165) is 19.6 Å². The van der Waals surface area contributed by atoms with Gasteiger partial charge in [0.1, 0.15) is 0 Å². The average Bonchev–Trinajstić information content (AvgIpc) is 3.05. The van der Waals surface area contributed by atoms with E-state index >= 15 is 0 Å². The maximum Gasteiger partial charge on any atom is 0.317 e. The third-order valence-corrected chi connectivity index (χ3v) is 4.87. The topological polar surface area (TPSA) is 44.8 Å². The molecule has 1 fully saturated rings. The number of aryl methyl sites for hydroxylation is 1. The molecule has 0 radical (unpaired) electrons. The minimum Gasteiger partial charge on any atom is -0.383 e. The normalized spacial score (nSPS) is 17.9. The van der Waals surface area contributed by atoms with Crippen molar-refractivity contribution in [3.63, 3.8) is 0 Å². The molecule has 1 aromatic carbocycles. The van der Waals surface area contributed by atoms with Gasteiger partial charge in [-0.1, -0.05) is 31.2 Å². The Balaban J connectivity index is 1.93. The van der Waals surface area contributed by atoms with Crippen LogP contribution in [0.25, 0.3) is 0 Å². The van der Waals surface area contributed by atoms with Gasteiger partial charge in [0.05, 0.1) is 6.61 Å². The Morgan fingerprint density at radius 2 is 2.21 bits per heavy atom. The molecule has 0 saturated carbocycles. The van der Waals surface area contributed by atoms with Crippen LogP contribution >= 0.6 is 0 Å². The fourth-order valence-electron chi connectivity index (χ4n) is 3.31. The van der Waals surface area contributed by atoms with E-state index in [-0.39, 0.29) is 6.03 Å². The summed E-state index contributed by atoms with van der Waals surface area (Å²) < 4.78 is 5.17. The highest BCUT2D eigenvalue weighted by atomic mass is 16.5. The molecule has 0 bridgehead atoms. The third-order valence-electron chi connectivity index (χ3n) is 4.87. The molecule has 0 spiro atoms. The maximum atomic E-state index is 12.7. The zero-order valence-corrected chi connectivity index (χ0v) is 15.3. The highest BCUT2D eigenvalue weighted by Crippen LogP contribution is 2.16. The molecule has 1 aliphatic heterocycles. The first kappa shape index (κ1) is 18.7. The molecule has 0 unspecified atom stereocenters. The summed E-state index contributed by atoms with van der Waals surface area (Å²) >= 11 is 0. The zero-order chi connectivity index (χ0) is 17.4. The fourth-order valence-corrected chi connectivity index (χ4v) is 3.31. The Bertz CT molecular complexity index is 521. The van der Waals surface area contributed by atoms with E-state index in [1.165, 1.54) is 24.0 Å². The van der Waals surface area contributed by atoms with E-state index < -0.39 is 0 Å². The van der Waals surface area contributed by atoms with E-state index in [2.05, 4.69) is 36.2 Å². The Labute approximate surface area is 146 Å². The Morgan fingerprint density at radius 1 is 1.42 bits per heavy atom. The second-order valence-electron chi connectivity index (χ2n) is 6.45. The van der Waals surface area contributed by atoms with Crippen LogP contribution < -0.4 is 5.32 Å². The van der Waals surface area contributed by atoms with Gasteiger partial charge < -0.3 is 15.0 Å². The third kappa shape index (κ3) is 5.21. The van der Waals surface area contributed by atoms with Crippen LogP contribution in [0.1, 0.15) is 30.9 Å². The summed E-state index contributed by atoms with van der Waals surface area (Å²) in [6.45, 7) is 8.95. The highest BCUT2D eigenvalue weighted by molar-refractivity contribution is 5.74. The summed E-state index contributed by atoms with van der Waals surface area (Å²) in [6.07, 6.45) is 2.40. The summed E-state index contributed by atoms with van der Waals surface area (Å²) in [7, 11) is 1.67. The summed E-state index contributed by atoms with van der Waals surface area (Å²) in [5, 5.41) is 3.13. The van der Waals surface area contributed by atoms with E-state index in [0.29, 0.717) is 25.7 Å². The number of nitrogens with zero attached hydrogens (tertiary/aromatic N) is 2. The molecule has 134 valence electrons. The minimum absolute atomic E-state index is 0.00161. The largest absolute Gasteiger partial charge is 0.383 e. The van der Waals surface area contributed by atoms with Gasteiger partial charge in [0.2, 0.25) is 0 Å². The molecule has 1 heterocycles. The number of likely N-dealkylation sites (N-methyl/N-ethyl adjacent to an activating group) is 1. The molecule has 5 heteroatoms. The first-order valence-electron chi connectivity index (χ1n) is 8.96. The number of likely N-dealkylation sites (tertiary alicyclic amines) is 1. The molecule has 1 N–H and O–H groups in total. The molecule has 5 nitrogen and oxygen atoms in total. The quantitative estimate of drug-likeness (QED) is 0.795. The molecule has 1 aliphatic rings. The van der Waals surface area contributed by atoms with Gasteiger partial charge in [-0.25, -0.2) is 4.79 Å². The van der Waals surface area contributed by atoms with Gasteiger partial charge >= 0.3 is 6.03 Å². The summed E-state index contributed by atoms with van der Waals surface area (Å²) in [6, 6.07) is 8.68. The molecule has 1 saturated heterocycles. The van der Waals surface area contributed by atoms with Crippen LogP contribution in [0.2, 0.25) is 0 Å². The van der Waals surface area contributed by atoms with Crippen LogP contribution in [-0.2, 0) is 11.3 Å². The van der Waals surface area contributed by atoms with E-state index in [1.807, 2.05) is 17.0 Å². The summed E-state index contributed by atoms with van der Waals surface area (Å²) in [5.74, 6) is 0. The number of carbonyl (C=O) groups is 1. The van der Waals surface area contributed by atoms with Crippen molar-refractivity contribution in [2.24, 2.45) is 0 Å². The van der Waals surface area contributed by atoms with Gasteiger partial charge in [-0.05, 0) is 44.0 Å². The lowest BCUT2D eigenvalue weighted by Crippen LogP contribution is -2.46. The maximum absolute atomic E-state index is 12.7. The van der Waals surface area contributed by atoms with Crippen molar-refractivity contribution < 1.29 is 9.53 Å². The lowest BCUT2D eigenvalue weighted by molar-refractivity contribution is 0.144. The average molecular weight is 333 g/mol. The summed E-state index contributed by atoms with van der Waals surface area (Å²) in [4.78, 5) is 16.9. The number of carbonyl (C=O) groups excluding carboxylic acids is 1. The number of nitrogens with one attached hydrogen (secondary N) is 1. The molecule has 2 rings (SSSR count). The van der Waals surface area contributed by atoms with Crippen LogP contribution in [0.15, 0.2) is 24.3 Å². The second-order valence-corrected chi connectivity index (χ2v) is 6.45. The van der Waals surface area contributed by atoms with Crippen LogP contribution in [0.4, 0.5) is 4.79 Å². The van der Waals surface area contributed by atoms with Crippen LogP contribution in [-0.4, -0.2) is 61.8 Å². The molecular formula is C19H31N3O2. The van der Waals surface area contributed by atoms with Gasteiger partial charge in [-0.2, -0.15) is 0 Å². The number of amides is 2. The monoisotopic (exact) mass is 333 g/mol. The Kier molecular flexibility index (Phi) is 7.53. The van der Waals surface area contributed by atoms with Crippen molar-refractivity contribution in [2.75, 3.05) is 39.9 Å². The van der Waals surface area contributed by atoms with Crippen LogP contribution in [0.5, 0.6) is 0 Å². The molecule has 0 aliphatic carbocycles. The van der Waals surface area contributed by atoms with Gasteiger partial charge in [0, 0.05) is 32.8 Å². The number of urea groups is 1. The molecule has 1 aromatic rings. The zero-order valence-electron chi connectivity index (χ0n) is 15.3. The smallest absolute Gasteiger partial charge is 0.317 e. The lowest BCUT2D eigenvalue weighted by Gasteiger charge is -2.27. The van der Waals surface area contributed by atoms with Crippen molar-refractivity contribution in [3.8, 4) is 0 Å². The molecule has 0 aromatic heterocycles. The number of methoxy groups -OCH3 is 1. The lowest BCUT2D eigenvalue weighted by atomic mass is 10.1. The van der Waals surface area contributed by atoms with Crippen molar-refractivity contribution in [1.29, 1.82) is 0 Å². The summed E-state index contributed by atoms with van der Waals surface area (Å²) in [5.41, 5.74) is 2.39. The van der Waals surface area contributed by atoms with E-state index in [9.17, 15) is 4.79 Å². The van der Waals surface area contributed by atoms with E-state index in [4.69, 9.17) is 4.74 Å².